The number of carbonyl (C=O) groups excluding carboxylic acids is 2. The average molecular weight is 382 g/mol. The molecule has 0 bridgehead atoms. The van der Waals surface area contributed by atoms with Crippen molar-refractivity contribution in [1.82, 2.24) is 14.8 Å². The molecule has 1 fully saturated rings. The quantitative estimate of drug-likeness (QED) is 0.842. The van der Waals surface area contributed by atoms with E-state index in [1.165, 1.54) is 37.8 Å². The zero-order chi connectivity index (χ0) is 20.3. The van der Waals surface area contributed by atoms with Gasteiger partial charge in [-0.3, -0.25) is 9.59 Å². The Hall–Kier alpha value is -2.56. The van der Waals surface area contributed by atoms with Crippen molar-refractivity contribution in [2.45, 2.75) is 58.5 Å². The molecule has 2 amide bonds. The molecule has 1 N–H and O–H groups in total. The molecule has 0 spiro atoms. The monoisotopic (exact) mass is 381 g/mol. The zero-order valence-electron chi connectivity index (χ0n) is 17.4. The summed E-state index contributed by atoms with van der Waals surface area (Å²) in [5.41, 5.74) is 4.62. The van der Waals surface area contributed by atoms with E-state index in [4.69, 9.17) is 0 Å². The standard InChI is InChI=1S/C23H31N3O2/c1-16-14-21(17(2)26(16)20-8-6-5-7-9-20)22(27)24-15-18-10-12-19(13-11-18)23(28)25(3)4/h10-14,20H,5-9,15H2,1-4H3,(H,24,27). The number of aromatic nitrogens is 1. The summed E-state index contributed by atoms with van der Waals surface area (Å²) in [4.78, 5) is 26.3. The van der Waals surface area contributed by atoms with Crippen molar-refractivity contribution < 1.29 is 9.59 Å². The topological polar surface area (TPSA) is 54.3 Å². The number of amides is 2. The molecular formula is C23H31N3O2. The number of aryl methyl sites for hydroxylation is 1. The maximum Gasteiger partial charge on any atom is 0.253 e. The number of nitrogens with zero attached hydrogens (tertiary/aromatic N) is 2. The van der Waals surface area contributed by atoms with Crippen LogP contribution in [0.1, 0.15) is 75.8 Å². The summed E-state index contributed by atoms with van der Waals surface area (Å²) in [7, 11) is 3.47. The number of carbonyl (C=O) groups is 2. The first-order valence-electron chi connectivity index (χ1n) is 10.2. The highest BCUT2D eigenvalue weighted by Gasteiger charge is 2.22. The highest BCUT2D eigenvalue weighted by molar-refractivity contribution is 5.96. The molecule has 2 aromatic rings. The molecule has 1 aliphatic carbocycles. The summed E-state index contributed by atoms with van der Waals surface area (Å²) < 4.78 is 2.36. The number of benzene rings is 1. The van der Waals surface area contributed by atoms with Crippen LogP contribution in [0.4, 0.5) is 0 Å². The van der Waals surface area contributed by atoms with Gasteiger partial charge in [0, 0.05) is 43.6 Å². The van der Waals surface area contributed by atoms with Crippen LogP contribution in [-0.4, -0.2) is 35.4 Å². The lowest BCUT2D eigenvalue weighted by atomic mass is 9.95. The van der Waals surface area contributed by atoms with Crippen molar-refractivity contribution in [2.75, 3.05) is 14.1 Å². The summed E-state index contributed by atoms with van der Waals surface area (Å²) in [5, 5.41) is 3.02. The van der Waals surface area contributed by atoms with Crippen LogP contribution < -0.4 is 5.32 Å². The Morgan fingerprint density at radius 3 is 2.32 bits per heavy atom. The molecule has 1 aromatic carbocycles. The largest absolute Gasteiger partial charge is 0.348 e. The van der Waals surface area contributed by atoms with Crippen LogP contribution >= 0.6 is 0 Å². The molecule has 28 heavy (non-hydrogen) atoms. The SMILES string of the molecule is Cc1cc(C(=O)NCc2ccc(C(=O)N(C)C)cc2)c(C)n1C1CCCCC1. The predicted octanol–water partition coefficient (Wildman–Crippen LogP) is 4.24. The van der Waals surface area contributed by atoms with Gasteiger partial charge in [0.1, 0.15) is 0 Å². The lowest BCUT2D eigenvalue weighted by Gasteiger charge is -2.26. The van der Waals surface area contributed by atoms with Gasteiger partial charge in [0.25, 0.3) is 11.8 Å². The Balaban J connectivity index is 1.66. The number of hydrogen-bond acceptors (Lipinski definition) is 2. The second-order valence-electron chi connectivity index (χ2n) is 8.03. The Kier molecular flexibility index (Phi) is 6.22. The van der Waals surface area contributed by atoms with E-state index in [1.807, 2.05) is 18.2 Å². The first kappa shape index (κ1) is 20.2. The molecular weight excluding hydrogens is 350 g/mol. The van der Waals surface area contributed by atoms with E-state index in [9.17, 15) is 9.59 Å². The van der Waals surface area contributed by atoms with Gasteiger partial charge in [0.15, 0.2) is 0 Å². The third-order valence-corrected chi connectivity index (χ3v) is 5.73. The molecule has 1 aliphatic rings. The van der Waals surface area contributed by atoms with Gasteiger partial charge in [0.05, 0.1) is 5.56 Å². The van der Waals surface area contributed by atoms with E-state index < -0.39 is 0 Å². The van der Waals surface area contributed by atoms with Gasteiger partial charge in [-0.1, -0.05) is 31.4 Å². The fraction of sp³-hybridized carbons (Fsp3) is 0.478. The predicted molar refractivity (Wildman–Crippen MR) is 112 cm³/mol. The van der Waals surface area contributed by atoms with Gasteiger partial charge in [-0.05, 0) is 50.5 Å². The number of rotatable bonds is 5. The molecule has 1 aromatic heterocycles. The molecule has 5 nitrogen and oxygen atoms in total. The lowest BCUT2D eigenvalue weighted by molar-refractivity contribution is 0.0827. The molecule has 0 atom stereocenters. The minimum Gasteiger partial charge on any atom is -0.348 e. The average Bonchev–Trinajstić information content (AvgIpc) is 3.00. The summed E-state index contributed by atoms with van der Waals surface area (Å²) in [6.07, 6.45) is 6.28. The van der Waals surface area contributed by atoms with Crippen LogP contribution in [0.2, 0.25) is 0 Å². The van der Waals surface area contributed by atoms with Gasteiger partial charge in [0.2, 0.25) is 0 Å². The summed E-state index contributed by atoms with van der Waals surface area (Å²) >= 11 is 0. The first-order valence-corrected chi connectivity index (χ1v) is 10.2. The highest BCUT2D eigenvalue weighted by Crippen LogP contribution is 2.32. The van der Waals surface area contributed by atoms with E-state index in [1.54, 1.807) is 31.1 Å². The lowest BCUT2D eigenvalue weighted by Crippen LogP contribution is -2.24. The Labute approximate surface area is 167 Å². The van der Waals surface area contributed by atoms with E-state index >= 15 is 0 Å². The maximum atomic E-state index is 12.8. The van der Waals surface area contributed by atoms with Crippen molar-refractivity contribution in [1.29, 1.82) is 0 Å². The van der Waals surface area contributed by atoms with Crippen LogP contribution in [0, 0.1) is 13.8 Å². The van der Waals surface area contributed by atoms with E-state index in [0.29, 0.717) is 18.2 Å². The fourth-order valence-corrected chi connectivity index (χ4v) is 4.21. The number of nitrogens with one attached hydrogen (secondary N) is 1. The normalized spacial score (nSPS) is 14.7. The Bertz CT molecular complexity index is 843. The van der Waals surface area contributed by atoms with E-state index in [-0.39, 0.29) is 11.8 Å². The molecule has 3 rings (SSSR count). The summed E-state index contributed by atoms with van der Waals surface area (Å²) in [5.74, 6) is -0.0608. The molecule has 0 unspecified atom stereocenters. The molecule has 1 saturated carbocycles. The van der Waals surface area contributed by atoms with Gasteiger partial charge in [-0.25, -0.2) is 0 Å². The number of hydrogen-bond donors (Lipinski definition) is 1. The summed E-state index contributed by atoms with van der Waals surface area (Å²) in [6.45, 7) is 4.60. The Morgan fingerprint density at radius 1 is 1.07 bits per heavy atom. The van der Waals surface area contributed by atoms with Crippen molar-refractivity contribution in [3.63, 3.8) is 0 Å². The smallest absolute Gasteiger partial charge is 0.253 e. The molecule has 5 heteroatoms. The summed E-state index contributed by atoms with van der Waals surface area (Å²) in [6, 6.07) is 9.93. The molecule has 150 valence electrons. The van der Waals surface area contributed by atoms with Gasteiger partial charge >= 0.3 is 0 Å². The zero-order valence-corrected chi connectivity index (χ0v) is 17.4. The maximum absolute atomic E-state index is 12.8. The Morgan fingerprint density at radius 2 is 1.71 bits per heavy atom. The van der Waals surface area contributed by atoms with E-state index in [2.05, 4.69) is 23.7 Å². The van der Waals surface area contributed by atoms with Crippen molar-refractivity contribution >= 4 is 11.8 Å². The minimum absolute atomic E-state index is 0.0225. The van der Waals surface area contributed by atoms with Crippen molar-refractivity contribution in [2.24, 2.45) is 0 Å². The van der Waals surface area contributed by atoms with Gasteiger partial charge in [-0.2, -0.15) is 0 Å². The fourth-order valence-electron chi connectivity index (χ4n) is 4.21. The molecule has 0 radical (unpaired) electrons. The molecule has 0 saturated heterocycles. The molecule has 1 heterocycles. The van der Waals surface area contributed by atoms with Crippen LogP contribution in [-0.2, 0) is 6.54 Å². The third-order valence-electron chi connectivity index (χ3n) is 5.73. The van der Waals surface area contributed by atoms with Gasteiger partial charge in [-0.15, -0.1) is 0 Å². The van der Waals surface area contributed by atoms with Crippen molar-refractivity contribution in [3.05, 3.63) is 58.4 Å². The van der Waals surface area contributed by atoms with Crippen LogP contribution in [0.5, 0.6) is 0 Å². The molecule has 0 aliphatic heterocycles. The van der Waals surface area contributed by atoms with Crippen LogP contribution in [0.25, 0.3) is 0 Å². The van der Waals surface area contributed by atoms with Crippen LogP contribution in [0.15, 0.2) is 30.3 Å². The van der Waals surface area contributed by atoms with Crippen molar-refractivity contribution in [3.8, 4) is 0 Å². The first-order chi connectivity index (χ1) is 13.4. The third kappa shape index (κ3) is 4.29. The second-order valence-corrected chi connectivity index (χ2v) is 8.03. The van der Waals surface area contributed by atoms with Crippen LogP contribution in [0.3, 0.4) is 0 Å². The second kappa shape index (κ2) is 8.63. The highest BCUT2D eigenvalue weighted by atomic mass is 16.2. The van der Waals surface area contributed by atoms with E-state index in [0.717, 1.165) is 16.8 Å². The minimum atomic E-state index is -0.0383. The van der Waals surface area contributed by atoms with Gasteiger partial charge < -0.3 is 14.8 Å².